The van der Waals surface area contributed by atoms with Gasteiger partial charge in [-0.15, -0.1) is 0 Å². The van der Waals surface area contributed by atoms with Crippen LogP contribution in [-0.2, 0) is 4.74 Å². The Labute approximate surface area is 64.4 Å². The lowest BCUT2D eigenvalue weighted by Crippen LogP contribution is -2.41. The number of ether oxygens (including phenoxy) is 1. The maximum absolute atomic E-state index is 9.24. The summed E-state index contributed by atoms with van der Waals surface area (Å²) >= 11 is 0. The molecule has 0 aromatic rings. The minimum Gasteiger partial charge on any atom is -0.396 e. The number of aliphatic hydroxyl groups excluding tert-OH is 3. The van der Waals surface area contributed by atoms with E-state index in [2.05, 4.69) is 0 Å². The Bertz CT molecular complexity index is 157. The summed E-state index contributed by atoms with van der Waals surface area (Å²) in [5.41, 5.74) is 0. The van der Waals surface area contributed by atoms with Gasteiger partial charge in [-0.05, 0) is 6.42 Å². The normalized spacial score (nSPS) is 55.4. The Morgan fingerprint density at radius 2 is 2.00 bits per heavy atom. The van der Waals surface area contributed by atoms with Crippen molar-refractivity contribution in [1.29, 1.82) is 0 Å². The standard InChI is InChI=1S/C7H12O4/c8-2-3-1-4(9)5(10)7-6(3)11-7/h3-10H,1-2H2/t3-,4+,5-,6-,7+/m1/s1. The molecule has 1 saturated heterocycles. The van der Waals surface area contributed by atoms with Crippen LogP contribution in [0.5, 0.6) is 0 Å². The summed E-state index contributed by atoms with van der Waals surface area (Å²) in [5.74, 6) is 0.0124. The fourth-order valence-corrected chi connectivity index (χ4v) is 1.77. The zero-order valence-corrected chi connectivity index (χ0v) is 6.05. The van der Waals surface area contributed by atoms with Crippen LogP contribution in [0.1, 0.15) is 6.42 Å². The van der Waals surface area contributed by atoms with Gasteiger partial charge in [0.2, 0.25) is 0 Å². The maximum Gasteiger partial charge on any atom is 0.113 e. The van der Waals surface area contributed by atoms with Crippen molar-refractivity contribution in [3.8, 4) is 0 Å². The van der Waals surface area contributed by atoms with E-state index in [1.165, 1.54) is 0 Å². The largest absolute Gasteiger partial charge is 0.396 e. The molecule has 2 aliphatic rings. The van der Waals surface area contributed by atoms with E-state index in [1.807, 2.05) is 0 Å². The fraction of sp³-hybridized carbons (Fsp3) is 1.00. The molecule has 0 radical (unpaired) electrons. The number of aliphatic hydroxyl groups is 3. The minimum atomic E-state index is -0.747. The monoisotopic (exact) mass is 160 g/mol. The first kappa shape index (κ1) is 7.49. The molecule has 0 spiro atoms. The molecule has 4 nitrogen and oxygen atoms in total. The second kappa shape index (κ2) is 2.42. The third kappa shape index (κ3) is 1.06. The Hall–Kier alpha value is -0.160. The quantitative estimate of drug-likeness (QED) is 0.408. The van der Waals surface area contributed by atoms with Crippen LogP contribution >= 0.6 is 0 Å². The molecule has 0 amide bonds. The van der Waals surface area contributed by atoms with Crippen molar-refractivity contribution in [3.63, 3.8) is 0 Å². The van der Waals surface area contributed by atoms with E-state index in [-0.39, 0.29) is 24.7 Å². The first-order chi connectivity index (χ1) is 5.24. The molecule has 0 aromatic heterocycles. The van der Waals surface area contributed by atoms with Crippen molar-refractivity contribution in [2.45, 2.75) is 30.8 Å². The zero-order valence-electron chi connectivity index (χ0n) is 6.05. The molecule has 1 saturated carbocycles. The van der Waals surface area contributed by atoms with Gasteiger partial charge in [0.15, 0.2) is 0 Å². The molecule has 4 heteroatoms. The van der Waals surface area contributed by atoms with Gasteiger partial charge in [0.1, 0.15) is 12.2 Å². The molecule has 5 atom stereocenters. The SMILES string of the molecule is OC[C@H]1C[C@H](O)[C@@H](O)[C@@H]2O[C@H]12. The predicted molar refractivity (Wildman–Crippen MR) is 35.9 cm³/mol. The van der Waals surface area contributed by atoms with Crippen LogP contribution in [0.25, 0.3) is 0 Å². The molecule has 1 aliphatic heterocycles. The summed E-state index contributed by atoms with van der Waals surface area (Å²) in [5, 5.41) is 27.3. The summed E-state index contributed by atoms with van der Waals surface area (Å²) in [6.07, 6.45) is -1.27. The number of hydrogen-bond acceptors (Lipinski definition) is 4. The van der Waals surface area contributed by atoms with Crippen LogP contribution in [0, 0.1) is 5.92 Å². The van der Waals surface area contributed by atoms with Gasteiger partial charge >= 0.3 is 0 Å². The van der Waals surface area contributed by atoms with Crippen molar-refractivity contribution >= 4 is 0 Å². The molecule has 1 heterocycles. The van der Waals surface area contributed by atoms with Crippen molar-refractivity contribution in [3.05, 3.63) is 0 Å². The maximum atomic E-state index is 9.24. The summed E-state index contributed by atoms with van der Waals surface area (Å²) in [6, 6.07) is 0. The lowest BCUT2D eigenvalue weighted by atomic mass is 9.86. The Balaban J connectivity index is 2.02. The third-order valence-corrected chi connectivity index (χ3v) is 2.54. The second-order valence-electron chi connectivity index (χ2n) is 3.30. The molecule has 2 fully saturated rings. The summed E-state index contributed by atoms with van der Waals surface area (Å²) in [7, 11) is 0. The van der Waals surface area contributed by atoms with E-state index < -0.39 is 12.2 Å². The molecule has 1 aliphatic carbocycles. The van der Waals surface area contributed by atoms with Crippen molar-refractivity contribution in [1.82, 2.24) is 0 Å². The van der Waals surface area contributed by atoms with Gasteiger partial charge in [0.05, 0.1) is 12.2 Å². The highest BCUT2D eigenvalue weighted by molar-refractivity contribution is 5.03. The van der Waals surface area contributed by atoms with E-state index >= 15 is 0 Å². The highest BCUT2D eigenvalue weighted by atomic mass is 16.6. The topological polar surface area (TPSA) is 73.2 Å². The van der Waals surface area contributed by atoms with Gasteiger partial charge in [-0.25, -0.2) is 0 Å². The highest BCUT2D eigenvalue weighted by Crippen LogP contribution is 2.40. The minimum absolute atomic E-state index is 0.0124. The lowest BCUT2D eigenvalue weighted by Gasteiger charge is -2.24. The van der Waals surface area contributed by atoms with Gasteiger partial charge in [-0.1, -0.05) is 0 Å². The number of hydrogen-bond donors (Lipinski definition) is 3. The van der Waals surface area contributed by atoms with Crippen LogP contribution in [0.4, 0.5) is 0 Å². The Morgan fingerprint density at radius 1 is 1.27 bits per heavy atom. The van der Waals surface area contributed by atoms with Crippen LogP contribution in [0.2, 0.25) is 0 Å². The number of fused-ring (bicyclic) bond motifs is 1. The van der Waals surface area contributed by atoms with E-state index in [1.54, 1.807) is 0 Å². The van der Waals surface area contributed by atoms with Crippen LogP contribution < -0.4 is 0 Å². The van der Waals surface area contributed by atoms with E-state index in [4.69, 9.17) is 9.84 Å². The zero-order chi connectivity index (χ0) is 8.01. The molecule has 0 bridgehead atoms. The first-order valence-electron chi connectivity index (χ1n) is 3.86. The fourth-order valence-electron chi connectivity index (χ4n) is 1.77. The molecular formula is C7H12O4. The number of rotatable bonds is 1. The third-order valence-electron chi connectivity index (χ3n) is 2.54. The number of epoxide rings is 1. The van der Waals surface area contributed by atoms with Crippen molar-refractivity contribution in [2.24, 2.45) is 5.92 Å². The van der Waals surface area contributed by atoms with Gasteiger partial charge in [-0.2, -0.15) is 0 Å². The molecule has 11 heavy (non-hydrogen) atoms. The van der Waals surface area contributed by atoms with Crippen LogP contribution in [-0.4, -0.2) is 46.3 Å². The van der Waals surface area contributed by atoms with Gasteiger partial charge in [0, 0.05) is 12.5 Å². The molecule has 2 rings (SSSR count). The summed E-state index contributed by atoms with van der Waals surface area (Å²) in [4.78, 5) is 0. The predicted octanol–water partition coefficient (Wildman–Crippen LogP) is -1.51. The van der Waals surface area contributed by atoms with Crippen LogP contribution in [0.15, 0.2) is 0 Å². The summed E-state index contributed by atoms with van der Waals surface area (Å²) in [6.45, 7) is 0.0327. The molecule has 64 valence electrons. The average molecular weight is 160 g/mol. The molecular weight excluding hydrogens is 148 g/mol. The van der Waals surface area contributed by atoms with E-state index in [0.29, 0.717) is 6.42 Å². The summed E-state index contributed by atoms with van der Waals surface area (Å²) < 4.78 is 5.09. The smallest absolute Gasteiger partial charge is 0.113 e. The van der Waals surface area contributed by atoms with Crippen LogP contribution in [0.3, 0.4) is 0 Å². The van der Waals surface area contributed by atoms with Gasteiger partial charge in [-0.3, -0.25) is 0 Å². The van der Waals surface area contributed by atoms with E-state index in [0.717, 1.165) is 0 Å². The average Bonchev–Trinajstić information content (AvgIpc) is 2.76. The van der Waals surface area contributed by atoms with Crippen molar-refractivity contribution < 1.29 is 20.1 Å². The molecule has 0 aromatic carbocycles. The first-order valence-corrected chi connectivity index (χ1v) is 3.86. The van der Waals surface area contributed by atoms with Crippen molar-refractivity contribution in [2.75, 3.05) is 6.61 Å². The lowest BCUT2D eigenvalue weighted by molar-refractivity contribution is -0.0211. The highest BCUT2D eigenvalue weighted by Gasteiger charge is 2.55. The Kier molecular flexibility index (Phi) is 1.64. The Morgan fingerprint density at radius 3 is 2.64 bits per heavy atom. The molecule has 0 unspecified atom stereocenters. The van der Waals surface area contributed by atoms with E-state index in [9.17, 15) is 10.2 Å². The van der Waals surface area contributed by atoms with Gasteiger partial charge < -0.3 is 20.1 Å². The van der Waals surface area contributed by atoms with Gasteiger partial charge in [0.25, 0.3) is 0 Å². The molecule has 3 N–H and O–H groups in total. The second-order valence-corrected chi connectivity index (χ2v) is 3.30.